The first-order chi connectivity index (χ1) is 6.79. The van der Waals surface area contributed by atoms with Crippen molar-refractivity contribution in [3.05, 3.63) is 40.5 Å². The van der Waals surface area contributed by atoms with Crippen molar-refractivity contribution in [1.29, 1.82) is 0 Å². The topological polar surface area (TPSA) is 22.1 Å². The van der Waals surface area contributed by atoms with Crippen molar-refractivity contribution >= 4 is 38.7 Å². The summed E-state index contributed by atoms with van der Waals surface area (Å²) >= 11 is 8.59. The molecular weight excluding hydrogens is 265 g/mol. The average Bonchev–Trinajstić information content (AvgIpc) is 2.17. The third-order valence-electron chi connectivity index (χ3n) is 1.92. The number of nitrogens with zero attached hydrogens (tertiary/aromatic N) is 1. The number of pyridine rings is 1. The first-order valence-electron chi connectivity index (χ1n) is 4.07. The summed E-state index contributed by atoms with van der Waals surface area (Å²) in [7, 11) is 0. The van der Waals surface area contributed by atoms with Crippen LogP contribution >= 0.6 is 27.8 Å². The molecule has 0 N–H and O–H groups in total. The van der Waals surface area contributed by atoms with Gasteiger partial charge in [-0.1, -0.05) is 15.9 Å². The number of hydrogen-bond acceptors (Lipinski definition) is 2. The van der Waals surface area contributed by atoms with Gasteiger partial charge >= 0.3 is 0 Å². The van der Waals surface area contributed by atoms with Crippen LogP contribution in [0.3, 0.4) is 0 Å². The highest BCUT2D eigenvalue weighted by atomic mass is 79.9. The van der Waals surface area contributed by atoms with Crippen molar-refractivity contribution in [2.75, 3.05) is 0 Å². The van der Waals surface area contributed by atoms with Crippen LogP contribution in [0, 0.1) is 0 Å². The Morgan fingerprint density at radius 2 is 2.21 bits per heavy atom. The highest BCUT2D eigenvalue weighted by molar-refractivity contribution is 9.10. The fourth-order valence-electron chi connectivity index (χ4n) is 1.29. The van der Waals surface area contributed by atoms with E-state index in [1.165, 1.54) is 0 Å². The van der Waals surface area contributed by atoms with Gasteiger partial charge in [-0.3, -0.25) is 9.27 Å². The van der Waals surface area contributed by atoms with Gasteiger partial charge in [-0.25, -0.2) is 0 Å². The molecule has 0 aliphatic rings. The van der Waals surface area contributed by atoms with Crippen molar-refractivity contribution in [3.63, 3.8) is 0 Å². The van der Waals surface area contributed by atoms with E-state index in [2.05, 4.69) is 25.2 Å². The molecule has 2 aromatic rings. The first kappa shape index (κ1) is 9.90. The van der Waals surface area contributed by atoms with E-state index in [1.54, 1.807) is 6.20 Å². The van der Waals surface area contributed by atoms with E-state index in [-0.39, 0.29) is 0 Å². The van der Waals surface area contributed by atoms with Crippen molar-refractivity contribution in [2.45, 2.75) is 6.61 Å². The number of aromatic nitrogens is 1. The van der Waals surface area contributed by atoms with E-state index in [0.29, 0.717) is 6.61 Å². The molecule has 0 aliphatic carbocycles. The molecule has 0 unspecified atom stereocenters. The van der Waals surface area contributed by atoms with Gasteiger partial charge in [0.2, 0.25) is 0 Å². The summed E-state index contributed by atoms with van der Waals surface area (Å²) in [6, 6.07) is 7.95. The van der Waals surface area contributed by atoms with Crippen molar-refractivity contribution in [1.82, 2.24) is 4.98 Å². The van der Waals surface area contributed by atoms with Crippen molar-refractivity contribution in [2.24, 2.45) is 0 Å². The van der Waals surface area contributed by atoms with Crippen molar-refractivity contribution in [3.8, 4) is 0 Å². The second-order valence-corrected chi connectivity index (χ2v) is 4.07. The van der Waals surface area contributed by atoms with Gasteiger partial charge in [0.25, 0.3) is 0 Å². The fourth-order valence-corrected chi connectivity index (χ4v) is 1.79. The van der Waals surface area contributed by atoms with Gasteiger partial charge in [0, 0.05) is 16.1 Å². The monoisotopic (exact) mass is 271 g/mol. The zero-order valence-electron chi connectivity index (χ0n) is 7.21. The van der Waals surface area contributed by atoms with E-state index < -0.39 is 0 Å². The SMILES string of the molecule is ClOCc1cnc2ccc(Br)cc2c1. The molecule has 0 atom stereocenters. The lowest BCUT2D eigenvalue weighted by Gasteiger charge is -2.01. The molecule has 0 aliphatic heterocycles. The standard InChI is InChI=1S/C10H7BrClNO/c11-9-1-2-10-8(4-9)3-7(5-13-10)6-14-12/h1-5H,6H2. The molecule has 14 heavy (non-hydrogen) atoms. The molecule has 2 rings (SSSR count). The Bertz CT molecular complexity index is 461. The minimum absolute atomic E-state index is 0.372. The molecule has 0 bridgehead atoms. The lowest BCUT2D eigenvalue weighted by Crippen LogP contribution is -1.87. The van der Waals surface area contributed by atoms with Crippen LogP contribution in [0.1, 0.15) is 5.56 Å². The minimum Gasteiger partial charge on any atom is -0.274 e. The fraction of sp³-hybridized carbons (Fsp3) is 0.100. The Morgan fingerprint density at radius 1 is 1.36 bits per heavy atom. The van der Waals surface area contributed by atoms with E-state index in [1.807, 2.05) is 24.3 Å². The molecular formula is C10H7BrClNO. The van der Waals surface area contributed by atoms with Gasteiger partial charge < -0.3 is 0 Å². The Morgan fingerprint density at radius 3 is 3.00 bits per heavy atom. The smallest absolute Gasteiger partial charge is 0.0948 e. The molecule has 4 heteroatoms. The van der Waals surface area contributed by atoms with E-state index in [9.17, 15) is 0 Å². The third-order valence-corrected chi connectivity index (χ3v) is 2.52. The molecule has 72 valence electrons. The molecule has 1 aromatic carbocycles. The molecule has 1 heterocycles. The van der Waals surface area contributed by atoms with Crippen LogP contribution in [0.5, 0.6) is 0 Å². The second-order valence-electron chi connectivity index (χ2n) is 2.93. The van der Waals surface area contributed by atoms with E-state index in [4.69, 9.17) is 11.9 Å². The maximum Gasteiger partial charge on any atom is 0.0948 e. The van der Waals surface area contributed by atoms with Gasteiger partial charge in [-0.2, -0.15) is 0 Å². The van der Waals surface area contributed by atoms with Gasteiger partial charge in [-0.15, -0.1) is 0 Å². The van der Waals surface area contributed by atoms with Crippen LogP contribution in [0.2, 0.25) is 0 Å². The number of halogens is 2. The molecule has 0 saturated carbocycles. The lowest BCUT2D eigenvalue weighted by molar-refractivity contribution is 0.340. The van der Waals surface area contributed by atoms with Crippen LogP contribution in [-0.2, 0) is 10.9 Å². The van der Waals surface area contributed by atoms with Crippen LogP contribution < -0.4 is 0 Å². The largest absolute Gasteiger partial charge is 0.274 e. The summed E-state index contributed by atoms with van der Waals surface area (Å²) in [6.45, 7) is 0.372. The molecule has 0 saturated heterocycles. The summed E-state index contributed by atoms with van der Waals surface area (Å²) in [4.78, 5) is 4.28. The number of benzene rings is 1. The van der Waals surface area contributed by atoms with Crippen molar-refractivity contribution < 1.29 is 4.29 Å². The zero-order valence-corrected chi connectivity index (χ0v) is 9.55. The van der Waals surface area contributed by atoms with Gasteiger partial charge in [0.05, 0.1) is 24.0 Å². The van der Waals surface area contributed by atoms with Crippen LogP contribution in [0.25, 0.3) is 10.9 Å². The minimum atomic E-state index is 0.372. The van der Waals surface area contributed by atoms with Gasteiger partial charge in [-0.05, 0) is 29.8 Å². The number of fused-ring (bicyclic) bond motifs is 1. The zero-order chi connectivity index (χ0) is 9.97. The Labute approximate surface area is 95.2 Å². The van der Waals surface area contributed by atoms with Crippen LogP contribution in [-0.4, -0.2) is 4.98 Å². The average molecular weight is 273 g/mol. The molecule has 0 amide bonds. The van der Waals surface area contributed by atoms with Crippen LogP contribution in [0.15, 0.2) is 34.9 Å². The normalized spacial score (nSPS) is 10.7. The summed E-state index contributed by atoms with van der Waals surface area (Å²) in [5, 5.41) is 1.07. The predicted molar refractivity (Wildman–Crippen MR) is 60.1 cm³/mol. The van der Waals surface area contributed by atoms with Gasteiger partial charge in [0.15, 0.2) is 0 Å². The summed E-state index contributed by atoms with van der Waals surface area (Å²) < 4.78 is 5.57. The lowest BCUT2D eigenvalue weighted by atomic mass is 10.2. The molecule has 1 aromatic heterocycles. The Balaban J connectivity index is 2.52. The third kappa shape index (κ3) is 2.05. The maximum absolute atomic E-state index is 5.18. The Kier molecular flexibility index (Phi) is 3.01. The summed E-state index contributed by atoms with van der Waals surface area (Å²) in [5.74, 6) is 0. The quantitative estimate of drug-likeness (QED) is 0.832. The summed E-state index contributed by atoms with van der Waals surface area (Å²) in [6.07, 6.45) is 1.76. The Hall–Kier alpha value is -0.640. The molecule has 0 spiro atoms. The second kappa shape index (κ2) is 4.26. The molecule has 0 radical (unpaired) electrons. The number of rotatable bonds is 2. The molecule has 0 fully saturated rings. The summed E-state index contributed by atoms with van der Waals surface area (Å²) in [5.41, 5.74) is 1.93. The van der Waals surface area contributed by atoms with Gasteiger partial charge in [0.1, 0.15) is 0 Å². The molecule has 2 nitrogen and oxygen atoms in total. The highest BCUT2D eigenvalue weighted by Gasteiger charge is 1.98. The highest BCUT2D eigenvalue weighted by Crippen LogP contribution is 2.19. The first-order valence-corrected chi connectivity index (χ1v) is 5.17. The van der Waals surface area contributed by atoms with E-state index in [0.717, 1.165) is 20.9 Å². The number of hydrogen-bond donors (Lipinski definition) is 0. The maximum atomic E-state index is 5.18. The van der Waals surface area contributed by atoms with Crippen LogP contribution in [0.4, 0.5) is 0 Å². The van der Waals surface area contributed by atoms with E-state index >= 15 is 0 Å². The predicted octanol–water partition coefficient (Wildman–Crippen LogP) is 3.67.